The lowest BCUT2D eigenvalue weighted by Crippen LogP contribution is -2.27. The van der Waals surface area contributed by atoms with E-state index in [1.807, 2.05) is 91.0 Å². The molecule has 3 rings (SSSR count). The van der Waals surface area contributed by atoms with E-state index in [-0.39, 0.29) is 0 Å². The highest BCUT2D eigenvalue weighted by Crippen LogP contribution is 2.38. The second kappa shape index (κ2) is 6.15. The summed E-state index contributed by atoms with van der Waals surface area (Å²) in [6.07, 6.45) is 0. The van der Waals surface area contributed by atoms with Crippen LogP contribution in [0.2, 0.25) is 0 Å². The summed E-state index contributed by atoms with van der Waals surface area (Å²) in [5.41, 5.74) is 2.09. The van der Waals surface area contributed by atoms with Crippen molar-refractivity contribution in [3.63, 3.8) is 0 Å². The Morgan fingerprint density at radius 2 is 0.909 bits per heavy atom. The van der Waals surface area contributed by atoms with Gasteiger partial charge in [0.2, 0.25) is 0 Å². The molecule has 22 heavy (non-hydrogen) atoms. The Morgan fingerprint density at radius 1 is 0.591 bits per heavy atom. The lowest BCUT2D eigenvalue weighted by atomic mass is 9.70. The van der Waals surface area contributed by atoms with Crippen LogP contribution in [0.15, 0.2) is 91.0 Å². The maximum absolute atomic E-state index is 11.2. The van der Waals surface area contributed by atoms with Crippen LogP contribution in [0.5, 0.6) is 0 Å². The van der Waals surface area contributed by atoms with E-state index in [1.165, 1.54) is 0 Å². The zero-order valence-electron chi connectivity index (χ0n) is 12.0. The zero-order chi connectivity index (χ0) is 15.3. The minimum Gasteiger partial charge on any atom is -0.498 e. The molecule has 0 spiro atoms. The van der Waals surface area contributed by atoms with Gasteiger partial charge < -0.3 is 5.21 Å². The Balaban J connectivity index is 2.36. The molecule has 0 radical (unpaired) electrons. The molecule has 0 aliphatic rings. The van der Waals surface area contributed by atoms with Crippen LogP contribution in [0, 0.1) is 11.3 Å². The molecule has 3 aromatic carbocycles. The molecule has 0 aliphatic heterocycles. The van der Waals surface area contributed by atoms with E-state index in [0.29, 0.717) is 0 Å². The van der Waals surface area contributed by atoms with E-state index in [2.05, 4.69) is 11.1 Å². The van der Waals surface area contributed by atoms with Crippen molar-refractivity contribution in [2.45, 2.75) is 5.41 Å². The minimum absolute atomic E-state index is 0.800. The van der Waals surface area contributed by atoms with Gasteiger partial charge in [-0.15, -0.1) is 0 Å². The first kappa shape index (κ1) is 13.9. The molecule has 0 aliphatic carbocycles. The predicted molar refractivity (Wildman–Crippen MR) is 89.8 cm³/mol. The third-order valence-corrected chi connectivity index (χ3v) is 3.83. The number of hydrogen-bond acceptors (Lipinski definition) is 1. The fourth-order valence-electron chi connectivity index (χ4n) is 2.83. The van der Waals surface area contributed by atoms with Crippen LogP contribution in [0.25, 0.3) is 5.01 Å². The number of benzene rings is 3. The van der Waals surface area contributed by atoms with Crippen molar-refractivity contribution in [1.29, 1.82) is 0 Å². The predicted octanol–water partition coefficient (Wildman–Crippen LogP) is 4.85. The standard InChI is InChI=1S/C20H15NO/c22-21-16-20(17-10-4-1-5-11-17,18-12-6-2-7-13-18)19-14-8-3-9-15-19/h1-15H. The van der Waals surface area contributed by atoms with E-state index in [0.717, 1.165) is 16.7 Å². The zero-order valence-corrected chi connectivity index (χ0v) is 12.0. The van der Waals surface area contributed by atoms with E-state index in [9.17, 15) is 5.21 Å². The normalized spacial score (nSPS) is 10.5. The molecule has 0 fully saturated rings. The third kappa shape index (κ3) is 2.34. The maximum Gasteiger partial charge on any atom is 0.319 e. The second-order valence-electron chi connectivity index (χ2n) is 5.05. The largest absolute Gasteiger partial charge is 0.498 e. The van der Waals surface area contributed by atoms with Crippen LogP contribution in [0.4, 0.5) is 0 Å². The summed E-state index contributed by atoms with van der Waals surface area (Å²) in [6.45, 7) is 0. The fourth-order valence-corrected chi connectivity index (χ4v) is 2.83. The molecule has 0 heterocycles. The molecular formula is C20H15NO. The lowest BCUT2D eigenvalue weighted by Gasteiger charge is -2.25. The van der Waals surface area contributed by atoms with Gasteiger partial charge >= 0.3 is 6.07 Å². The van der Waals surface area contributed by atoms with Crippen LogP contribution in [0.1, 0.15) is 16.7 Å². The molecule has 2 nitrogen and oxygen atoms in total. The van der Waals surface area contributed by atoms with E-state index in [4.69, 9.17) is 0 Å². The summed E-state index contributed by atoms with van der Waals surface area (Å²) >= 11 is 0. The highest BCUT2D eigenvalue weighted by Gasteiger charge is 2.40. The van der Waals surface area contributed by atoms with E-state index in [1.54, 1.807) is 0 Å². The van der Waals surface area contributed by atoms with E-state index < -0.39 is 5.41 Å². The quantitative estimate of drug-likeness (QED) is 0.499. The number of nitrogens with zero attached hydrogens (tertiary/aromatic N) is 1. The summed E-state index contributed by atoms with van der Waals surface area (Å²) in [4.78, 5) is 0. The van der Waals surface area contributed by atoms with E-state index >= 15 is 0 Å². The van der Waals surface area contributed by atoms with Gasteiger partial charge in [-0.05, 0) is 16.7 Å². The molecule has 0 atom stereocenters. The summed E-state index contributed by atoms with van der Waals surface area (Å²) in [5, 5.41) is 14.2. The summed E-state index contributed by atoms with van der Waals surface area (Å²) in [5.74, 6) is 0. The highest BCUT2D eigenvalue weighted by atomic mass is 16.4. The molecule has 0 bridgehead atoms. The van der Waals surface area contributed by atoms with Crippen LogP contribution in [0.3, 0.4) is 0 Å². The number of rotatable bonds is 3. The minimum atomic E-state index is -0.800. The molecule has 3 aromatic rings. The molecule has 0 saturated carbocycles. The van der Waals surface area contributed by atoms with Crippen molar-refractivity contribution in [3.05, 3.63) is 118 Å². The maximum atomic E-state index is 11.2. The van der Waals surface area contributed by atoms with Crippen LogP contribution < -0.4 is 0 Å². The van der Waals surface area contributed by atoms with Crippen molar-refractivity contribution in [2.75, 3.05) is 0 Å². The molecule has 0 aromatic heterocycles. The van der Waals surface area contributed by atoms with Gasteiger partial charge in [-0.2, -0.15) is 0 Å². The molecule has 0 saturated heterocycles. The van der Waals surface area contributed by atoms with Gasteiger partial charge in [0.1, 0.15) is 0 Å². The smallest absolute Gasteiger partial charge is 0.319 e. The highest BCUT2D eigenvalue weighted by molar-refractivity contribution is 5.57. The molecule has 106 valence electrons. The molecule has 0 amide bonds. The first-order chi connectivity index (χ1) is 10.9. The molecule has 0 unspecified atom stereocenters. The van der Waals surface area contributed by atoms with Gasteiger partial charge in [0.05, 0.1) is 0 Å². The average molecular weight is 285 g/mol. The van der Waals surface area contributed by atoms with Crippen LogP contribution in [-0.2, 0) is 5.41 Å². The molecular weight excluding hydrogens is 270 g/mol. The topological polar surface area (TPSA) is 27.4 Å². The fraction of sp³-hybridized carbons (Fsp3) is 0.0500. The van der Waals surface area contributed by atoms with Gasteiger partial charge in [0, 0.05) is 5.01 Å². The van der Waals surface area contributed by atoms with Gasteiger partial charge in [0.15, 0.2) is 5.41 Å². The Kier molecular flexibility index (Phi) is 3.89. The van der Waals surface area contributed by atoms with Gasteiger partial charge in [-0.25, -0.2) is 0 Å². The van der Waals surface area contributed by atoms with Crippen molar-refractivity contribution < 1.29 is 0 Å². The molecule has 2 heteroatoms. The monoisotopic (exact) mass is 285 g/mol. The van der Waals surface area contributed by atoms with Crippen molar-refractivity contribution in [1.82, 2.24) is 0 Å². The SMILES string of the molecule is [O-][N+]#CC(c1ccccc1)(c1ccccc1)c1ccccc1. The van der Waals surface area contributed by atoms with Gasteiger partial charge in [-0.3, -0.25) is 0 Å². The Hall–Kier alpha value is -3.05. The lowest BCUT2D eigenvalue weighted by molar-refractivity contribution is 0.808. The third-order valence-electron chi connectivity index (χ3n) is 3.83. The van der Waals surface area contributed by atoms with Gasteiger partial charge in [-0.1, -0.05) is 91.0 Å². The summed E-state index contributed by atoms with van der Waals surface area (Å²) < 4.78 is 0. The molecule has 0 N–H and O–H groups in total. The Morgan fingerprint density at radius 3 is 1.18 bits per heavy atom. The van der Waals surface area contributed by atoms with Crippen molar-refractivity contribution >= 4 is 0 Å². The van der Waals surface area contributed by atoms with Crippen LogP contribution >= 0.6 is 0 Å². The Bertz CT molecular complexity index is 690. The first-order valence-electron chi connectivity index (χ1n) is 7.14. The van der Waals surface area contributed by atoms with Crippen LogP contribution in [-0.4, -0.2) is 0 Å². The van der Waals surface area contributed by atoms with Gasteiger partial charge in [0.25, 0.3) is 0 Å². The summed E-state index contributed by atoms with van der Waals surface area (Å²) in [7, 11) is 0. The Labute approximate surface area is 130 Å². The van der Waals surface area contributed by atoms with Crippen molar-refractivity contribution in [2.24, 2.45) is 0 Å². The average Bonchev–Trinajstić information content (AvgIpc) is 2.62. The summed E-state index contributed by atoms with van der Waals surface area (Å²) in [6, 6.07) is 32.4. The second-order valence-corrected chi connectivity index (χ2v) is 5.05. The first-order valence-corrected chi connectivity index (χ1v) is 7.14. The number of hydrogen-bond donors (Lipinski definition) is 0. The van der Waals surface area contributed by atoms with Crippen molar-refractivity contribution in [3.8, 4) is 6.07 Å².